The van der Waals surface area contributed by atoms with E-state index in [2.05, 4.69) is 15.3 Å². The Kier molecular flexibility index (Phi) is 6.03. The first-order valence-corrected chi connectivity index (χ1v) is 9.15. The molecule has 3 rings (SSSR count). The highest BCUT2D eigenvalue weighted by Gasteiger charge is 2.12. The van der Waals surface area contributed by atoms with E-state index < -0.39 is 0 Å². The number of hydrogen-bond donors (Lipinski definition) is 2. The molecule has 0 amide bonds. The number of aromatic nitrogens is 2. The van der Waals surface area contributed by atoms with Crippen LogP contribution in [0.15, 0.2) is 36.4 Å². The van der Waals surface area contributed by atoms with Gasteiger partial charge in [0.2, 0.25) is 5.95 Å². The lowest BCUT2D eigenvalue weighted by Crippen LogP contribution is -2.05. The second-order valence-corrected chi connectivity index (χ2v) is 6.66. The van der Waals surface area contributed by atoms with E-state index in [9.17, 15) is 4.79 Å². The van der Waals surface area contributed by atoms with Crippen LogP contribution >= 0.6 is 0 Å². The van der Waals surface area contributed by atoms with Gasteiger partial charge in [-0.05, 0) is 56.2 Å². The Morgan fingerprint density at radius 2 is 1.93 bits per heavy atom. The Labute approximate surface area is 164 Å². The van der Waals surface area contributed by atoms with Crippen LogP contribution in [-0.4, -0.2) is 36.3 Å². The third-order valence-electron chi connectivity index (χ3n) is 4.20. The molecular weight excluding hydrogens is 358 g/mol. The van der Waals surface area contributed by atoms with Crippen molar-refractivity contribution in [1.82, 2.24) is 9.97 Å². The number of benzene rings is 2. The smallest absolute Gasteiger partial charge is 0.305 e. The van der Waals surface area contributed by atoms with Crippen molar-refractivity contribution in [2.75, 3.05) is 19.5 Å². The van der Waals surface area contributed by atoms with Crippen molar-refractivity contribution < 1.29 is 19.0 Å². The minimum Gasteiger partial charge on any atom is -0.496 e. The fraction of sp³-hybridized carbons (Fsp3) is 0.333. The Morgan fingerprint density at radius 1 is 1.18 bits per heavy atom. The van der Waals surface area contributed by atoms with Gasteiger partial charge in [-0.15, -0.1) is 0 Å². The Bertz CT molecular complexity index is 948. The molecule has 7 heteroatoms. The van der Waals surface area contributed by atoms with Crippen molar-refractivity contribution in [1.29, 1.82) is 0 Å². The number of ether oxygens (including phenoxy) is 3. The van der Waals surface area contributed by atoms with Gasteiger partial charge in [0.25, 0.3) is 0 Å². The van der Waals surface area contributed by atoms with Crippen LogP contribution in [0.5, 0.6) is 11.5 Å². The van der Waals surface area contributed by atoms with E-state index in [1.54, 1.807) is 7.11 Å². The largest absolute Gasteiger partial charge is 0.496 e. The molecule has 0 bridgehead atoms. The lowest BCUT2D eigenvalue weighted by atomic mass is 10.1. The van der Waals surface area contributed by atoms with E-state index in [0.717, 1.165) is 28.0 Å². The molecule has 148 valence electrons. The lowest BCUT2D eigenvalue weighted by Gasteiger charge is -2.10. The normalized spacial score (nSPS) is 10.9. The zero-order chi connectivity index (χ0) is 20.1. The van der Waals surface area contributed by atoms with Crippen LogP contribution in [-0.2, 0) is 16.0 Å². The molecule has 28 heavy (non-hydrogen) atoms. The predicted molar refractivity (Wildman–Crippen MR) is 108 cm³/mol. The van der Waals surface area contributed by atoms with E-state index in [0.29, 0.717) is 24.5 Å². The van der Waals surface area contributed by atoms with Crippen molar-refractivity contribution in [2.24, 2.45) is 0 Å². The molecule has 7 nitrogen and oxygen atoms in total. The lowest BCUT2D eigenvalue weighted by molar-refractivity contribution is -0.140. The fourth-order valence-corrected chi connectivity index (χ4v) is 2.89. The van der Waals surface area contributed by atoms with Gasteiger partial charge in [0.15, 0.2) is 0 Å². The number of esters is 1. The average molecular weight is 383 g/mol. The van der Waals surface area contributed by atoms with Crippen LogP contribution in [0.3, 0.4) is 0 Å². The van der Waals surface area contributed by atoms with Crippen LogP contribution in [0.25, 0.3) is 11.0 Å². The summed E-state index contributed by atoms with van der Waals surface area (Å²) < 4.78 is 15.8. The molecule has 3 aromatic rings. The van der Waals surface area contributed by atoms with Gasteiger partial charge >= 0.3 is 5.97 Å². The summed E-state index contributed by atoms with van der Waals surface area (Å²) in [5.41, 5.74) is 3.46. The molecule has 1 aromatic heterocycles. The number of carbonyl (C=O) groups excluding carboxylic acids is 1. The molecule has 0 unspecified atom stereocenters. The molecule has 0 aliphatic heterocycles. The summed E-state index contributed by atoms with van der Waals surface area (Å²) in [6.07, 6.45) is 0.963. The van der Waals surface area contributed by atoms with Crippen LogP contribution < -0.4 is 14.8 Å². The quantitative estimate of drug-likeness (QED) is 0.567. The van der Waals surface area contributed by atoms with Gasteiger partial charge < -0.3 is 24.5 Å². The Morgan fingerprint density at radius 3 is 2.57 bits per heavy atom. The number of hydrogen-bond acceptors (Lipinski definition) is 6. The van der Waals surface area contributed by atoms with Gasteiger partial charge in [-0.2, -0.15) is 0 Å². The monoisotopic (exact) mass is 383 g/mol. The second-order valence-electron chi connectivity index (χ2n) is 6.66. The molecule has 0 saturated heterocycles. The number of rotatable bonds is 8. The number of aryl methyl sites for hydroxylation is 1. The number of aromatic amines is 1. The van der Waals surface area contributed by atoms with E-state index in [4.69, 9.17) is 14.2 Å². The maximum Gasteiger partial charge on any atom is 0.305 e. The fourth-order valence-electron chi connectivity index (χ4n) is 2.89. The topological polar surface area (TPSA) is 85.5 Å². The molecule has 0 saturated carbocycles. The maximum absolute atomic E-state index is 11.4. The van der Waals surface area contributed by atoms with Gasteiger partial charge in [0, 0.05) is 18.2 Å². The number of carbonyl (C=O) groups is 1. The SMILES string of the molecule is COC(=O)CCc1cc2[nH]c(Nc3ccc(OC(C)C)cc3)nc2cc1OC. The van der Waals surface area contributed by atoms with Crippen molar-refractivity contribution in [2.45, 2.75) is 32.8 Å². The summed E-state index contributed by atoms with van der Waals surface area (Å²) in [6, 6.07) is 11.5. The summed E-state index contributed by atoms with van der Waals surface area (Å²) in [6.45, 7) is 3.99. The van der Waals surface area contributed by atoms with Crippen LogP contribution in [0.2, 0.25) is 0 Å². The van der Waals surface area contributed by atoms with Crippen LogP contribution in [0, 0.1) is 0 Å². The standard InChI is InChI=1S/C21H25N3O4/c1-13(2)28-16-8-6-15(7-9-16)22-21-23-17-11-14(5-10-20(25)27-4)19(26-3)12-18(17)24-21/h6-9,11-13H,5,10H2,1-4H3,(H2,22,23,24). The number of H-pyrrole nitrogens is 1. The van der Waals surface area contributed by atoms with Gasteiger partial charge in [-0.25, -0.2) is 4.98 Å². The zero-order valence-corrected chi connectivity index (χ0v) is 16.5. The van der Waals surface area contributed by atoms with Crippen molar-refractivity contribution in [3.8, 4) is 11.5 Å². The zero-order valence-electron chi connectivity index (χ0n) is 16.5. The summed E-state index contributed by atoms with van der Waals surface area (Å²) in [5, 5.41) is 3.25. The molecule has 0 fully saturated rings. The molecule has 0 aliphatic carbocycles. The third-order valence-corrected chi connectivity index (χ3v) is 4.20. The number of nitrogens with zero attached hydrogens (tertiary/aromatic N) is 1. The molecule has 1 heterocycles. The first-order valence-electron chi connectivity index (χ1n) is 9.15. The summed E-state index contributed by atoms with van der Waals surface area (Å²) >= 11 is 0. The minimum atomic E-state index is -0.251. The molecule has 0 atom stereocenters. The van der Waals surface area contributed by atoms with E-state index in [1.807, 2.05) is 50.2 Å². The number of fused-ring (bicyclic) bond motifs is 1. The first kappa shape index (κ1) is 19.5. The first-order chi connectivity index (χ1) is 13.5. The highest BCUT2D eigenvalue weighted by molar-refractivity contribution is 5.81. The predicted octanol–water partition coefficient (Wildman–Crippen LogP) is 4.21. The van der Waals surface area contributed by atoms with Crippen molar-refractivity contribution >= 4 is 28.6 Å². The summed E-state index contributed by atoms with van der Waals surface area (Å²) in [4.78, 5) is 19.3. The van der Waals surface area contributed by atoms with E-state index in [-0.39, 0.29) is 12.1 Å². The molecule has 0 radical (unpaired) electrons. The molecule has 0 spiro atoms. The molecule has 0 aliphatic rings. The van der Waals surface area contributed by atoms with Gasteiger partial charge in [-0.1, -0.05) is 0 Å². The van der Waals surface area contributed by atoms with Gasteiger partial charge in [-0.3, -0.25) is 4.79 Å². The van der Waals surface area contributed by atoms with Gasteiger partial charge in [0.05, 0.1) is 31.4 Å². The molecular formula is C21H25N3O4. The van der Waals surface area contributed by atoms with E-state index in [1.165, 1.54) is 7.11 Å². The van der Waals surface area contributed by atoms with Crippen LogP contribution in [0.1, 0.15) is 25.8 Å². The number of nitrogens with one attached hydrogen (secondary N) is 2. The third kappa shape index (κ3) is 4.73. The Hall–Kier alpha value is -3.22. The highest BCUT2D eigenvalue weighted by Crippen LogP contribution is 2.28. The number of anilines is 2. The minimum absolute atomic E-state index is 0.137. The Balaban J connectivity index is 1.78. The van der Waals surface area contributed by atoms with Crippen molar-refractivity contribution in [3.05, 3.63) is 42.0 Å². The number of methoxy groups -OCH3 is 2. The average Bonchev–Trinajstić information content (AvgIpc) is 3.07. The maximum atomic E-state index is 11.4. The van der Waals surface area contributed by atoms with Crippen LogP contribution in [0.4, 0.5) is 11.6 Å². The highest BCUT2D eigenvalue weighted by atomic mass is 16.5. The summed E-state index contributed by atoms with van der Waals surface area (Å²) in [5.74, 6) is 1.90. The molecule has 2 aromatic carbocycles. The van der Waals surface area contributed by atoms with Crippen molar-refractivity contribution in [3.63, 3.8) is 0 Å². The number of imidazole rings is 1. The van der Waals surface area contributed by atoms with Gasteiger partial charge in [0.1, 0.15) is 11.5 Å². The summed E-state index contributed by atoms with van der Waals surface area (Å²) in [7, 11) is 2.99. The molecule has 2 N–H and O–H groups in total. The second kappa shape index (κ2) is 8.65. The van der Waals surface area contributed by atoms with E-state index >= 15 is 0 Å².